The van der Waals surface area contributed by atoms with Crippen molar-refractivity contribution >= 4 is 195 Å². The predicted octanol–water partition coefficient (Wildman–Crippen LogP) is 23.8. The molecule has 121 heavy (non-hydrogen) atoms. The first-order valence-electron chi connectivity index (χ1n) is 40.6. The van der Waals surface area contributed by atoms with E-state index >= 15 is 9.13 Å². The molecular formula is C109H73N6O3P3. The molecule has 0 fully saturated rings. The zero-order valence-corrected chi connectivity index (χ0v) is 68.1. The van der Waals surface area contributed by atoms with E-state index < -0.39 is 21.4 Å². The minimum atomic E-state index is -3.16. The monoisotopic (exact) mass is 1610 g/mol. The number of fused-ring (bicyclic) bond motifs is 25. The van der Waals surface area contributed by atoms with Gasteiger partial charge in [-0.1, -0.05) is 352 Å². The smallest absolute Gasteiger partial charge is 0.171 e. The van der Waals surface area contributed by atoms with Gasteiger partial charge in [-0.25, -0.2) is 15.0 Å². The molecule has 0 bridgehead atoms. The zero-order chi connectivity index (χ0) is 80.8. The summed E-state index contributed by atoms with van der Waals surface area (Å²) >= 11 is 0. The van der Waals surface area contributed by atoms with Crippen molar-refractivity contribution in [3.05, 3.63) is 443 Å². The van der Waals surface area contributed by atoms with Gasteiger partial charge in [-0.2, -0.15) is 0 Å². The Balaban J connectivity index is 0.000000110. The summed E-state index contributed by atoms with van der Waals surface area (Å²) in [5.41, 5.74) is 16.9. The average Bonchev–Trinajstić information content (AvgIpc) is 1.69. The van der Waals surface area contributed by atoms with Crippen LogP contribution in [-0.2, 0) is 13.7 Å². The van der Waals surface area contributed by atoms with Gasteiger partial charge in [0.15, 0.2) is 21.4 Å². The molecule has 0 aliphatic rings. The molecule has 0 saturated heterocycles. The van der Waals surface area contributed by atoms with E-state index in [1.807, 2.05) is 231 Å². The lowest BCUT2D eigenvalue weighted by atomic mass is 9.95. The molecule has 0 saturated carbocycles. The van der Waals surface area contributed by atoms with Crippen LogP contribution in [-0.4, -0.2) is 28.2 Å². The van der Waals surface area contributed by atoms with E-state index in [-0.39, 0.29) is 0 Å². The van der Waals surface area contributed by atoms with E-state index in [0.717, 1.165) is 174 Å². The quantitative estimate of drug-likeness (QED) is 0.0944. The SMILES string of the molecule is O=P(c1ccccc1)(c1ccccc1)c1ccc(-c2ccc3c(c2)c2ccccc2c2nc4ccccc4n32)cc1.O=P(c1ccccc1)(c1ccccc1)c1ccc(-c2ccc3c(c2)c2ccccc2n2c4ccccc4nc32)c2ccccc12.O=P(c1ccccc1)(c1ccccc1)c1ccc2c(c1)c1ccccc1c1nc3ccccc3n21. The van der Waals surface area contributed by atoms with E-state index in [1.165, 1.54) is 21.5 Å². The van der Waals surface area contributed by atoms with Crippen molar-refractivity contribution in [3.63, 3.8) is 0 Å². The molecule has 0 N–H and O–H groups in total. The molecule has 6 aromatic heterocycles. The van der Waals surface area contributed by atoms with Crippen LogP contribution in [0.4, 0.5) is 0 Å². The van der Waals surface area contributed by atoms with E-state index in [9.17, 15) is 4.57 Å². The Morgan fingerprint density at radius 3 is 0.926 bits per heavy atom. The summed E-state index contributed by atoms with van der Waals surface area (Å²) in [6.45, 7) is 0. The molecule has 0 aliphatic carbocycles. The van der Waals surface area contributed by atoms with Crippen molar-refractivity contribution in [2.45, 2.75) is 0 Å². The summed E-state index contributed by atoms with van der Waals surface area (Å²) in [5, 5.41) is 19.9. The summed E-state index contributed by atoms with van der Waals surface area (Å²) in [6.07, 6.45) is 0. The summed E-state index contributed by atoms with van der Waals surface area (Å²) in [4.78, 5) is 15.0. The molecule has 24 rings (SSSR count). The molecule has 0 amide bonds. The fourth-order valence-electron chi connectivity index (χ4n) is 18.3. The zero-order valence-electron chi connectivity index (χ0n) is 65.4. The number of nitrogens with zero attached hydrogens (tertiary/aromatic N) is 6. The Morgan fingerprint density at radius 2 is 0.471 bits per heavy atom. The van der Waals surface area contributed by atoms with Gasteiger partial charge in [-0.05, 0) is 140 Å². The van der Waals surface area contributed by atoms with Crippen molar-refractivity contribution in [2.75, 3.05) is 0 Å². The molecule has 0 radical (unpaired) electrons. The average molecular weight is 1610 g/mol. The van der Waals surface area contributed by atoms with Crippen molar-refractivity contribution < 1.29 is 13.7 Å². The van der Waals surface area contributed by atoms with Crippen LogP contribution >= 0.6 is 21.4 Å². The predicted molar refractivity (Wildman–Crippen MR) is 510 cm³/mol. The van der Waals surface area contributed by atoms with Gasteiger partial charge in [0.05, 0.1) is 49.7 Å². The Morgan fingerprint density at radius 1 is 0.174 bits per heavy atom. The van der Waals surface area contributed by atoms with Crippen LogP contribution in [0.5, 0.6) is 0 Å². The van der Waals surface area contributed by atoms with Gasteiger partial charge < -0.3 is 13.7 Å². The van der Waals surface area contributed by atoms with Crippen molar-refractivity contribution in [1.82, 2.24) is 28.2 Å². The first-order chi connectivity index (χ1) is 59.7. The Labute approximate surface area is 697 Å². The minimum absolute atomic E-state index is 0.830. The highest BCUT2D eigenvalue weighted by Crippen LogP contribution is 2.49. The standard InChI is InChI=1S/C41H27N2OP.C37H25N2OP.C31H21N2OP/c44-45(29-13-3-1-4-14-29,30-15-5-2-6-16-30)40-26-25-31(32-17-7-8-19-34(32)40)28-23-24-35-36(27-28)33-18-9-11-21-38(33)43-39-22-12-10-20-37(39)42-41(35)43;40-41(28-11-3-1-4-12-28,29-13-5-2-6-14-29)30-22-19-26(20-23-30)27-21-24-35-33(25-27)31-15-7-8-16-32(31)37-38-34-17-9-10-18-36(34)39(35)37;34-35(22-11-3-1-4-12-22,23-13-5-2-6-14-23)24-19-20-29-27(21-24)25-15-7-8-16-26(25)31-32-28-17-9-10-18-30(28)33(29)31/h1-27H;1-25H;1-21H. The molecule has 572 valence electrons. The van der Waals surface area contributed by atoms with Crippen molar-refractivity contribution in [3.8, 4) is 22.3 Å². The molecule has 24 aromatic rings. The summed E-state index contributed by atoms with van der Waals surface area (Å²) in [5.74, 6) is 0. The van der Waals surface area contributed by atoms with Crippen LogP contribution in [0.3, 0.4) is 0 Å². The largest absolute Gasteiger partial charge is 0.309 e. The highest BCUT2D eigenvalue weighted by Gasteiger charge is 2.34. The van der Waals surface area contributed by atoms with Gasteiger partial charge in [0.25, 0.3) is 0 Å². The number of pyridine rings is 3. The van der Waals surface area contributed by atoms with Gasteiger partial charge in [0, 0.05) is 80.1 Å². The molecule has 12 heteroatoms. The van der Waals surface area contributed by atoms with Crippen LogP contribution in [0.25, 0.3) is 148 Å². The molecule has 0 aliphatic heterocycles. The van der Waals surface area contributed by atoms with E-state index in [1.54, 1.807) is 0 Å². The third-order valence-electron chi connectivity index (χ3n) is 24.0. The maximum atomic E-state index is 15.4. The maximum Gasteiger partial charge on any atom is 0.171 e. The fourth-order valence-corrected chi connectivity index (χ4v) is 26.5. The number of benzene rings is 18. The Bertz CT molecular complexity index is 8240. The minimum Gasteiger partial charge on any atom is -0.309 e. The number of para-hydroxylation sites is 7. The molecule has 0 atom stereocenters. The van der Waals surface area contributed by atoms with E-state index in [4.69, 9.17) is 15.0 Å². The van der Waals surface area contributed by atoms with Gasteiger partial charge in [-0.3, -0.25) is 13.2 Å². The number of rotatable bonds is 11. The molecule has 6 heterocycles. The van der Waals surface area contributed by atoms with Gasteiger partial charge in [0.2, 0.25) is 0 Å². The molecule has 0 spiro atoms. The highest BCUT2D eigenvalue weighted by molar-refractivity contribution is 7.86. The number of imidazole rings is 3. The van der Waals surface area contributed by atoms with Crippen LogP contribution < -0.4 is 47.7 Å². The normalized spacial score (nSPS) is 12.1. The van der Waals surface area contributed by atoms with E-state index in [0.29, 0.717) is 0 Å². The van der Waals surface area contributed by atoms with Crippen molar-refractivity contribution in [2.24, 2.45) is 0 Å². The highest BCUT2D eigenvalue weighted by atomic mass is 31.2. The first kappa shape index (κ1) is 72.8. The third-order valence-corrected chi connectivity index (χ3v) is 33.2. The third kappa shape index (κ3) is 12.0. The number of aromatic nitrogens is 6. The summed E-state index contributed by atoms with van der Waals surface area (Å²) in [6, 6.07) is 150. The van der Waals surface area contributed by atoms with Crippen LogP contribution in [0.15, 0.2) is 443 Å². The maximum absolute atomic E-state index is 15.4. The van der Waals surface area contributed by atoms with E-state index in [2.05, 4.69) is 226 Å². The lowest BCUT2D eigenvalue weighted by molar-refractivity contribution is 0.591. The second kappa shape index (κ2) is 29.7. The molecular weight excluding hydrogens is 1530 g/mol. The number of hydrogen-bond donors (Lipinski definition) is 0. The van der Waals surface area contributed by atoms with Crippen LogP contribution in [0, 0.1) is 0 Å². The van der Waals surface area contributed by atoms with Gasteiger partial charge in [-0.15, -0.1) is 0 Å². The van der Waals surface area contributed by atoms with Crippen LogP contribution in [0.1, 0.15) is 0 Å². The van der Waals surface area contributed by atoms with Gasteiger partial charge >= 0.3 is 0 Å². The number of hydrogen-bond acceptors (Lipinski definition) is 6. The Kier molecular flexibility index (Phi) is 17.9. The molecule has 9 nitrogen and oxygen atoms in total. The first-order valence-corrected chi connectivity index (χ1v) is 45.7. The summed E-state index contributed by atoms with van der Waals surface area (Å²) in [7, 11) is -9.25. The van der Waals surface area contributed by atoms with Crippen molar-refractivity contribution in [1.29, 1.82) is 0 Å². The summed E-state index contributed by atoms with van der Waals surface area (Å²) < 4.78 is 52.0. The van der Waals surface area contributed by atoms with Gasteiger partial charge in [0.1, 0.15) is 16.9 Å². The molecule has 18 aromatic carbocycles. The Hall–Kier alpha value is -14.7. The lowest BCUT2D eigenvalue weighted by Gasteiger charge is -2.23. The second-order valence-corrected chi connectivity index (χ2v) is 38.9. The molecule has 0 unspecified atom stereocenters. The topological polar surface area (TPSA) is 103 Å². The second-order valence-electron chi connectivity index (χ2n) is 30.6. The van der Waals surface area contributed by atoms with Crippen LogP contribution in [0.2, 0.25) is 0 Å². The lowest BCUT2D eigenvalue weighted by Crippen LogP contribution is -2.25. The fraction of sp³-hybridized carbons (Fsp3) is 0.